The lowest BCUT2D eigenvalue weighted by Gasteiger charge is -2.30. The molecular weight excluding hydrogens is 395 g/mol. The van der Waals surface area contributed by atoms with Crippen LogP contribution in [0.3, 0.4) is 0 Å². The number of halogens is 1. The van der Waals surface area contributed by atoms with Crippen molar-refractivity contribution in [3.8, 4) is 17.3 Å². The summed E-state index contributed by atoms with van der Waals surface area (Å²) in [5.41, 5.74) is 6.44. The van der Waals surface area contributed by atoms with Crippen LogP contribution in [0, 0.1) is 22.6 Å². The van der Waals surface area contributed by atoms with Gasteiger partial charge in [-0.2, -0.15) is 5.26 Å². The molecule has 4 rings (SSSR count). The molecule has 1 saturated heterocycles. The summed E-state index contributed by atoms with van der Waals surface area (Å²) >= 11 is 0. The van der Waals surface area contributed by atoms with E-state index >= 15 is 0 Å². The monoisotopic (exact) mass is 424 g/mol. The van der Waals surface area contributed by atoms with Gasteiger partial charge in [0.25, 0.3) is 0 Å². The lowest BCUT2D eigenvalue weighted by atomic mass is 9.82. The second-order valence-electron chi connectivity index (χ2n) is 8.57. The third-order valence-electron chi connectivity index (χ3n) is 6.30. The van der Waals surface area contributed by atoms with E-state index in [2.05, 4.69) is 26.7 Å². The minimum atomic E-state index is -0.461. The second kappa shape index (κ2) is 9.58. The van der Waals surface area contributed by atoms with Crippen molar-refractivity contribution in [2.24, 2.45) is 11.1 Å². The van der Waals surface area contributed by atoms with Gasteiger partial charge in [-0.05, 0) is 56.7 Å². The summed E-state index contributed by atoms with van der Waals surface area (Å²) in [4.78, 5) is 8.80. The van der Waals surface area contributed by atoms with Gasteiger partial charge in [-0.25, -0.2) is 14.4 Å². The van der Waals surface area contributed by atoms with Crippen LogP contribution in [-0.2, 0) is 4.74 Å². The van der Waals surface area contributed by atoms with Gasteiger partial charge >= 0.3 is 0 Å². The average Bonchev–Trinajstić information content (AvgIpc) is 2.81. The third kappa shape index (κ3) is 5.30. The molecule has 1 aliphatic heterocycles. The molecule has 0 radical (unpaired) electrons. The average molecular weight is 425 g/mol. The molecule has 7 nitrogen and oxygen atoms in total. The predicted octanol–water partition coefficient (Wildman–Crippen LogP) is 3.70. The van der Waals surface area contributed by atoms with E-state index in [9.17, 15) is 9.65 Å². The van der Waals surface area contributed by atoms with Crippen molar-refractivity contribution in [3.63, 3.8) is 0 Å². The van der Waals surface area contributed by atoms with Gasteiger partial charge in [-0.15, -0.1) is 0 Å². The topological polar surface area (TPSA) is 109 Å². The number of rotatable bonds is 6. The number of nitrogens with two attached hydrogens (primary N) is 1. The summed E-state index contributed by atoms with van der Waals surface area (Å²) in [6.45, 7) is 1.67. The highest BCUT2D eigenvalue weighted by Gasteiger charge is 2.32. The fourth-order valence-electron chi connectivity index (χ4n) is 4.22. The molecule has 2 aromatic rings. The molecule has 2 aliphatic rings. The van der Waals surface area contributed by atoms with Crippen LogP contribution in [0.25, 0.3) is 11.3 Å². The molecule has 0 atom stereocenters. The molecule has 0 amide bonds. The number of aromatic nitrogens is 2. The normalized spacial score (nSPS) is 23.0. The summed E-state index contributed by atoms with van der Waals surface area (Å²) in [6, 6.07) is 10.2. The highest BCUT2D eigenvalue weighted by atomic mass is 19.1. The van der Waals surface area contributed by atoms with Crippen LogP contribution in [0.4, 0.5) is 16.0 Å². The lowest BCUT2D eigenvalue weighted by Crippen LogP contribution is -2.34. The van der Waals surface area contributed by atoms with E-state index in [-0.39, 0.29) is 6.04 Å². The van der Waals surface area contributed by atoms with Gasteiger partial charge in [0.1, 0.15) is 11.6 Å². The summed E-state index contributed by atoms with van der Waals surface area (Å²) in [5.74, 6) is 0.840. The number of ether oxygens (including phenoxy) is 1. The van der Waals surface area contributed by atoms with Crippen LogP contribution in [0.2, 0.25) is 0 Å². The largest absolute Gasteiger partial charge is 0.381 e. The van der Waals surface area contributed by atoms with Crippen LogP contribution in [-0.4, -0.2) is 41.8 Å². The van der Waals surface area contributed by atoms with E-state index in [0.29, 0.717) is 61.5 Å². The molecule has 0 aromatic carbocycles. The molecule has 1 saturated carbocycles. The van der Waals surface area contributed by atoms with E-state index in [1.54, 1.807) is 12.1 Å². The number of nitriles is 1. The molecule has 0 bridgehead atoms. The van der Waals surface area contributed by atoms with E-state index in [0.717, 1.165) is 25.7 Å². The molecular formula is C23H29FN6O. The second-order valence-corrected chi connectivity index (χ2v) is 8.57. The number of hydrogen-bond donors (Lipinski definition) is 3. The van der Waals surface area contributed by atoms with Crippen LogP contribution in [0.1, 0.15) is 38.5 Å². The fourth-order valence-corrected chi connectivity index (χ4v) is 4.22. The van der Waals surface area contributed by atoms with Gasteiger partial charge in [0.2, 0.25) is 0 Å². The Morgan fingerprint density at radius 2 is 1.97 bits per heavy atom. The van der Waals surface area contributed by atoms with Gasteiger partial charge in [0, 0.05) is 37.4 Å². The Kier molecular flexibility index (Phi) is 6.64. The first-order valence-electron chi connectivity index (χ1n) is 10.9. The zero-order valence-corrected chi connectivity index (χ0v) is 17.6. The van der Waals surface area contributed by atoms with Gasteiger partial charge in [-0.3, -0.25) is 0 Å². The molecule has 4 N–H and O–H groups in total. The zero-order chi connectivity index (χ0) is 21.7. The number of nitrogens with one attached hydrogen (secondary N) is 2. The van der Waals surface area contributed by atoms with E-state index in [4.69, 9.17) is 10.5 Å². The summed E-state index contributed by atoms with van der Waals surface area (Å²) in [7, 11) is 0. The van der Waals surface area contributed by atoms with E-state index < -0.39 is 11.2 Å². The Bertz CT molecular complexity index is 932. The van der Waals surface area contributed by atoms with Crippen molar-refractivity contribution in [2.75, 3.05) is 30.4 Å². The number of pyridine rings is 2. The van der Waals surface area contributed by atoms with Crippen LogP contribution < -0.4 is 16.4 Å². The minimum Gasteiger partial charge on any atom is -0.381 e. The fraction of sp³-hybridized carbons (Fsp3) is 0.522. The Balaban J connectivity index is 1.47. The van der Waals surface area contributed by atoms with E-state index in [1.807, 2.05) is 12.1 Å². The summed E-state index contributed by atoms with van der Waals surface area (Å²) in [5, 5.41) is 16.3. The Morgan fingerprint density at radius 3 is 2.71 bits per heavy atom. The van der Waals surface area contributed by atoms with E-state index in [1.165, 1.54) is 6.20 Å². The third-order valence-corrected chi connectivity index (χ3v) is 6.30. The Morgan fingerprint density at radius 1 is 1.19 bits per heavy atom. The molecule has 0 unspecified atom stereocenters. The molecule has 3 heterocycles. The van der Waals surface area contributed by atoms with Crippen molar-refractivity contribution in [2.45, 2.75) is 50.6 Å². The maximum Gasteiger partial charge on any atom is 0.151 e. The predicted molar refractivity (Wildman–Crippen MR) is 118 cm³/mol. The van der Waals surface area contributed by atoms with Gasteiger partial charge in [0.15, 0.2) is 5.82 Å². The molecule has 2 aromatic heterocycles. The summed E-state index contributed by atoms with van der Waals surface area (Å²) < 4.78 is 20.0. The summed E-state index contributed by atoms with van der Waals surface area (Å²) in [6.07, 6.45) is 6.56. The standard InChI is InChI=1S/C23H29FN6O/c24-19-13-27-22(29-17-6-4-16(26)5-7-17)12-18(19)20-2-1-3-21(30-20)28-15-23(14-25)8-10-31-11-9-23/h1-3,12-13,16-17H,4-11,15,26H2,(H,27,29)(H,28,30). The zero-order valence-electron chi connectivity index (χ0n) is 17.6. The Labute approximate surface area is 182 Å². The first-order valence-corrected chi connectivity index (χ1v) is 10.9. The highest BCUT2D eigenvalue weighted by molar-refractivity contribution is 5.65. The first-order chi connectivity index (χ1) is 15.1. The Hall–Kier alpha value is -2.76. The van der Waals surface area contributed by atoms with Crippen molar-refractivity contribution < 1.29 is 9.13 Å². The van der Waals surface area contributed by atoms with Gasteiger partial charge in [-0.1, -0.05) is 6.07 Å². The number of nitrogens with zero attached hydrogens (tertiary/aromatic N) is 3. The SMILES string of the molecule is N#CC1(CNc2cccc(-c3cc(NC4CCC(N)CC4)ncc3F)n2)CCOCC1. The van der Waals surface area contributed by atoms with Crippen LogP contribution in [0.15, 0.2) is 30.5 Å². The van der Waals surface area contributed by atoms with Crippen molar-refractivity contribution >= 4 is 11.6 Å². The van der Waals surface area contributed by atoms with Crippen LogP contribution >= 0.6 is 0 Å². The highest BCUT2D eigenvalue weighted by Crippen LogP contribution is 2.31. The van der Waals surface area contributed by atoms with Crippen LogP contribution in [0.5, 0.6) is 0 Å². The quantitative estimate of drug-likeness (QED) is 0.649. The number of anilines is 2. The molecule has 2 fully saturated rings. The molecule has 31 heavy (non-hydrogen) atoms. The smallest absolute Gasteiger partial charge is 0.151 e. The van der Waals surface area contributed by atoms with Crippen molar-refractivity contribution in [3.05, 3.63) is 36.3 Å². The number of hydrogen-bond acceptors (Lipinski definition) is 7. The van der Waals surface area contributed by atoms with Gasteiger partial charge < -0.3 is 21.1 Å². The minimum absolute atomic E-state index is 0.274. The van der Waals surface area contributed by atoms with Crippen molar-refractivity contribution in [1.29, 1.82) is 5.26 Å². The first kappa shape index (κ1) is 21.5. The van der Waals surface area contributed by atoms with Gasteiger partial charge in [0.05, 0.1) is 23.4 Å². The molecule has 1 aliphatic carbocycles. The molecule has 8 heteroatoms. The maximum atomic E-state index is 14.6. The lowest BCUT2D eigenvalue weighted by molar-refractivity contribution is 0.0455. The molecule has 0 spiro atoms. The van der Waals surface area contributed by atoms with Crippen molar-refractivity contribution in [1.82, 2.24) is 9.97 Å². The molecule has 164 valence electrons. The maximum absolute atomic E-state index is 14.6.